The highest BCUT2D eigenvalue weighted by Crippen LogP contribution is 2.31. The number of nitrogens with zero attached hydrogens (tertiary/aromatic N) is 3. The van der Waals surface area contributed by atoms with E-state index in [1.807, 2.05) is 45.2 Å². The van der Waals surface area contributed by atoms with Crippen LogP contribution in [0.3, 0.4) is 0 Å². The number of amides is 1. The lowest BCUT2D eigenvalue weighted by Crippen LogP contribution is -2.27. The molecule has 2 aromatic heterocycles. The number of hydrogen-bond acceptors (Lipinski definition) is 5. The van der Waals surface area contributed by atoms with Gasteiger partial charge in [-0.2, -0.15) is 5.10 Å². The average molecular weight is 353 g/mol. The van der Waals surface area contributed by atoms with Gasteiger partial charge in [-0.05, 0) is 26.0 Å². The number of anilines is 2. The monoisotopic (exact) mass is 353 g/mol. The summed E-state index contributed by atoms with van der Waals surface area (Å²) in [6.45, 7) is 4.84. The van der Waals surface area contributed by atoms with Crippen LogP contribution in [0, 0.1) is 13.8 Å². The Morgan fingerprint density at radius 2 is 1.96 bits per heavy atom. The molecule has 2 heterocycles. The molecular weight excluding hydrogens is 330 g/mol. The van der Waals surface area contributed by atoms with E-state index in [9.17, 15) is 4.79 Å². The van der Waals surface area contributed by atoms with Crippen LogP contribution in [0.15, 0.2) is 30.5 Å². The van der Waals surface area contributed by atoms with Crippen LogP contribution < -0.4 is 10.6 Å². The Kier molecular flexibility index (Phi) is 5.18. The van der Waals surface area contributed by atoms with Crippen LogP contribution in [0.5, 0.6) is 0 Å². The minimum absolute atomic E-state index is 0.200. The van der Waals surface area contributed by atoms with Gasteiger partial charge in [0.05, 0.1) is 28.9 Å². The number of nitrogens with one attached hydrogen (secondary N) is 2. The van der Waals surface area contributed by atoms with Crippen LogP contribution in [0.2, 0.25) is 0 Å². The molecule has 0 aliphatic carbocycles. The molecule has 7 nitrogen and oxygen atoms in total. The third kappa shape index (κ3) is 3.52. The van der Waals surface area contributed by atoms with E-state index in [4.69, 9.17) is 4.74 Å². The summed E-state index contributed by atoms with van der Waals surface area (Å²) in [4.78, 5) is 17.1. The van der Waals surface area contributed by atoms with E-state index >= 15 is 0 Å². The number of carbonyl (C=O) groups is 1. The highest BCUT2D eigenvalue weighted by Gasteiger charge is 2.20. The molecule has 0 aliphatic heterocycles. The molecule has 0 saturated heterocycles. The molecule has 3 aromatic rings. The fraction of sp³-hybridized carbons (Fsp3) is 0.316. The fourth-order valence-electron chi connectivity index (χ4n) is 2.86. The Labute approximate surface area is 152 Å². The summed E-state index contributed by atoms with van der Waals surface area (Å²) in [6.07, 6.45) is 1.59. The van der Waals surface area contributed by atoms with E-state index in [-0.39, 0.29) is 5.91 Å². The van der Waals surface area contributed by atoms with E-state index in [2.05, 4.69) is 20.7 Å². The minimum atomic E-state index is -0.200. The summed E-state index contributed by atoms with van der Waals surface area (Å²) in [6, 6.07) is 8.02. The molecule has 136 valence electrons. The highest BCUT2D eigenvalue weighted by molar-refractivity contribution is 6.08. The van der Waals surface area contributed by atoms with Gasteiger partial charge in [0.1, 0.15) is 0 Å². The van der Waals surface area contributed by atoms with E-state index in [1.165, 1.54) is 5.56 Å². The zero-order valence-corrected chi connectivity index (χ0v) is 15.5. The second-order valence-electron chi connectivity index (χ2n) is 6.19. The number of carbonyl (C=O) groups excluding carboxylic acids is 1. The Hall–Kier alpha value is -2.93. The van der Waals surface area contributed by atoms with E-state index in [0.717, 1.165) is 22.4 Å². The molecule has 0 atom stereocenters. The SMILES string of the molecule is COCCNC(=O)c1cnc2c(c(C)nn2C)c1Nc1ccc(C)cc1. The van der Waals surface area contributed by atoms with Crippen molar-refractivity contribution < 1.29 is 9.53 Å². The summed E-state index contributed by atoms with van der Waals surface area (Å²) in [7, 11) is 3.44. The van der Waals surface area contributed by atoms with Crippen molar-refractivity contribution in [1.29, 1.82) is 0 Å². The molecule has 0 radical (unpaired) electrons. The van der Waals surface area contributed by atoms with Gasteiger partial charge in [-0.15, -0.1) is 0 Å². The molecule has 1 aromatic carbocycles. The summed E-state index contributed by atoms with van der Waals surface area (Å²) in [5, 5.41) is 11.5. The van der Waals surface area contributed by atoms with Crippen molar-refractivity contribution in [1.82, 2.24) is 20.1 Å². The molecule has 0 bridgehead atoms. The predicted molar refractivity (Wildman–Crippen MR) is 102 cm³/mol. The number of fused-ring (bicyclic) bond motifs is 1. The van der Waals surface area contributed by atoms with Gasteiger partial charge >= 0.3 is 0 Å². The van der Waals surface area contributed by atoms with Crippen LogP contribution in [-0.4, -0.2) is 40.9 Å². The number of ether oxygens (including phenoxy) is 1. The summed E-state index contributed by atoms with van der Waals surface area (Å²) >= 11 is 0. The van der Waals surface area contributed by atoms with Crippen molar-refractivity contribution in [3.8, 4) is 0 Å². The number of methoxy groups -OCH3 is 1. The quantitative estimate of drug-likeness (QED) is 0.666. The van der Waals surface area contributed by atoms with Crippen molar-refractivity contribution >= 4 is 28.3 Å². The molecule has 0 saturated carbocycles. The first-order chi connectivity index (χ1) is 12.5. The predicted octanol–water partition coefficient (Wildman–Crippen LogP) is 2.70. The Morgan fingerprint density at radius 3 is 2.65 bits per heavy atom. The first-order valence-corrected chi connectivity index (χ1v) is 8.44. The standard InChI is InChI=1S/C19H23N5O2/c1-12-5-7-14(8-6-12)22-17-15(19(25)20-9-10-26-4)11-21-18-16(17)13(2)23-24(18)3/h5-8,11H,9-10H2,1-4H3,(H,20,25)(H,21,22). The van der Waals surface area contributed by atoms with Gasteiger partial charge in [0.2, 0.25) is 0 Å². The molecular formula is C19H23N5O2. The van der Waals surface area contributed by atoms with Gasteiger partial charge in [-0.25, -0.2) is 4.98 Å². The molecule has 0 spiro atoms. The molecule has 3 rings (SSSR count). The van der Waals surface area contributed by atoms with Gasteiger partial charge < -0.3 is 15.4 Å². The van der Waals surface area contributed by atoms with Crippen LogP contribution in [0.4, 0.5) is 11.4 Å². The summed E-state index contributed by atoms with van der Waals surface area (Å²) in [5.74, 6) is -0.200. The zero-order valence-electron chi connectivity index (χ0n) is 15.5. The second-order valence-corrected chi connectivity index (χ2v) is 6.19. The lowest BCUT2D eigenvalue weighted by Gasteiger charge is -2.14. The van der Waals surface area contributed by atoms with Crippen LogP contribution >= 0.6 is 0 Å². The van der Waals surface area contributed by atoms with Crippen molar-refractivity contribution in [2.24, 2.45) is 7.05 Å². The highest BCUT2D eigenvalue weighted by atomic mass is 16.5. The van der Waals surface area contributed by atoms with Crippen molar-refractivity contribution in [3.05, 3.63) is 47.3 Å². The third-order valence-electron chi connectivity index (χ3n) is 4.18. The molecule has 2 N–H and O–H groups in total. The molecule has 0 unspecified atom stereocenters. The van der Waals surface area contributed by atoms with Crippen molar-refractivity contribution in [2.45, 2.75) is 13.8 Å². The zero-order chi connectivity index (χ0) is 18.7. The van der Waals surface area contributed by atoms with E-state index in [1.54, 1.807) is 18.0 Å². The van der Waals surface area contributed by atoms with Gasteiger partial charge in [-0.3, -0.25) is 9.48 Å². The normalized spacial score (nSPS) is 10.9. The smallest absolute Gasteiger partial charge is 0.255 e. The Bertz CT molecular complexity index is 931. The molecule has 7 heteroatoms. The average Bonchev–Trinajstić information content (AvgIpc) is 2.91. The molecule has 26 heavy (non-hydrogen) atoms. The number of pyridine rings is 1. The minimum Gasteiger partial charge on any atom is -0.383 e. The van der Waals surface area contributed by atoms with Gasteiger partial charge in [0, 0.05) is 32.6 Å². The lowest BCUT2D eigenvalue weighted by molar-refractivity contribution is 0.0937. The number of benzene rings is 1. The first-order valence-electron chi connectivity index (χ1n) is 8.44. The number of hydrogen-bond donors (Lipinski definition) is 2. The maximum Gasteiger partial charge on any atom is 0.255 e. The first kappa shape index (κ1) is 17.9. The lowest BCUT2D eigenvalue weighted by atomic mass is 10.1. The van der Waals surface area contributed by atoms with Crippen LogP contribution in [-0.2, 0) is 11.8 Å². The summed E-state index contributed by atoms with van der Waals surface area (Å²) < 4.78 is 6.72. The number of aromatic nitrogens is 3. The summed E-state index contributed by atoms with van der Waals surface area (Å²) in [5.41, 5.74) is 4.80. The fourth-order valence-corrected chi connectivity index (χ4v) is 2.86. The molecule has 0 fully saturated rings. The van der Waals surface area contributed by atoms with Crippen LogP contribution in [0.25, 0.3) is 11.0 Å². The second kappa shape index (κ2) is 7.53. The van der Waals surface area contributed by atoms with Crippen molar-refractivity contribution in [3.63, 3.8) is 0 Å². The maximum atomic E-state index is 12.7. The van der Waals surface area contributed by atoms with Crippen molar-refractivity contribution in [2.75, 3.05) is 25.6 Å². The molecule has 0 aliphatic rings. The topological polar surface area (TPSA) is 81.1 Å². The van der Waals surface area contributed by atoms with Gasteiger partial charge in [0.15, 0.2) is 5.65 Å². The third-order valence-corrected chi connectivity index (χ3v) is 4.18. The van der Waals surface area contributed by atoms with Crippen LogP contribution in [0.1, 0.15) is 21.6 Å². The van der Waals surface area contributed by atoms with E-state index in [0.29, 0.717) is 24.4 Å². The number of rotatable bonds is 6. The Balaban J connectivity index is 2.07. The number of aryl methyl sites for hydroxylation is 3. The maximum absolute atomic E-state index is 12.7. The van der Waals surface area contributed by atoms with Gasteiger partial charge in [0.25, 0.3) is 5.91 Å². The largest absolute Gasteiger partial charge is 0.383 e. The van der Waals surface area contributed by atoms with Gasteiger partial charge in [-0.1, -0.05) is 17.7 Å². The molecule has 1 amide bonds. The van der Waals surface area contributed by atoms with E-state index < -0.39 is 0 Å². The Morgan fingerprint density at radius 1 is 1.23 bits per heavy atom.